The maximum Gasteiger partial charge on any atom is 0.266 e. The van der Waals surface area contributed by atoms with E-state index in [1.165, 1.54) is 18.3 Å². The van der Waals surface area contributed by atoms with Gasteiger partial charge in [-0.25, -0.2) is 8.78 Å². The molecule has 1 aromatic rings. The standard InChI is InChI=1S/C7H6F2N2S/c8-6(9)4-2-1-3-11-5(4)7(10)12/h1-3,6H,(H2,10,12). The molecule has 0 spiro atoms. The van der Waals surface area contributed by atoms with Crippen LogP contribution in [0.3, 0.4) is 0 Å². The summed E-state index contributed by atoms with van der Waals surface area (Å²) in [5, 5.41) is 0. The van der Waals surface area contributed by atoms with Gasteiger partial charge in [0.2, 0.25) is 0 Å². The number of thiocarbonyl (C=S) groups is 1. The molecule has 0 aliphatic carbocycles. The van der Waals surface area contributed by atoms with Gasteiger partial charge in [-0.05, 0) is 12.1 Å². The van der Waals surface area contributed by atoms with Crippen LogP contribution in [0.4, 0.5) is 8.78 Å². The number of hydrogen-bond acceptors (Lipinski definition) is 2. The summed E-state index contributed by atoms with van der Waals surface area (Å²) in [6, 6.07) is 2.68. The van der Waals surface area contributed by atoms with E-state index in [0.29, 0.717) is 0 Å². The van der Waals surface area contributed by atoms with Gasteiger partial charge >= 0.3 is 0 Å². The zero-order valence-corrected chi connectivity index (χ0v) is 6.81. The summed E-state index contributed by atoms with van der Waals surface area (Å²) >= 11 is 4.55. The Morgan fingerprint density at radius 2 is 2.25 bits per heavy atom. The van der Waals surface area contributed by atoms with Gasteiger partial charge in [-0.15, -0.1) is 0 Å². The van der Waals surface area contributed by atoms with Crippen LogP contribution in [0.25, 0.3) is 0 Å². The lowest BCUT2D eigenvalue weighted by molar-refractivity contribution is 0.150. The first-order valence-corrected chi connectivity index (χ1v) is 3.56. The van der Waals surface area contributed by atoms with Crippen LogP contribution in [0.5, 0.6) is 0 Å². The lowest BCUT2D eigenvalue weighted by atomic mass is 10.2. The molecule has 0 unspecified atom stereocenters. The van der Waals surface area contributed by atoms with Crippen LogP contribution >= 0.6 is 12.2 Å². The van der Waals surface area contributed by atoms with Crippen LogP contribution in [-0.4, -0.2) is 9.97 Å². The van der Waals surface area contributed by atoms with Crippen molar-refractivity contribution >= 4 is 17.2 Å². The van der Waals surface area contributed by atoms with E-state index in [1.807, 2.05) is 0 Å². The van der Waals surface area contributed by atoms with Crippen LogP contribution in [0.15, 0.2) is 18.3 Å². The molecule has 64 valence electrons. The summed E-state index contributed by atoms with van der Waals surface area (Å²) in [6.07, 6.45) is -1.21. The van der Waals surface area contributed by atoms with Crippen molar-refractivity contribution in [3.8, 4) is 0 Å². The highest BCUT2D eigenvalue weighted by Crippen LogP contribution is 2.20. The predicted octanol–water partition coefficient (Wildman–Crippen LogP) is 1.65. The molecular formula is C7H6F2N2S. The van der Waals surface area contributed by atoms with Gasteiger partial charge in [0.25, 0.3) is 6.43 Å². The molecule has 1 rings (SSSR count). The van der Waals surface area contributed by atoms with Crippen molar-refractivity contribution in [3.63, 3.8) is 0 Å². The minimum absolute atomic E-state index is 0.00231. The first-order valence-electron chi connectivity index (χ1n) is 3.16. The topological polar surface area (TPSA) is 38.9 Å². The summed E-state index contributed by atoms with van der Waals surface area (Å²) in [5.41, 5.74) is 4.97. The Balaban J connectivity index is 3.17. The Hall–Kier alpha value is -1.10. The van der Waals surface area contributed by atoms with E-state index in [2.05, 4.69) is 17.2 Å². The van der Waals surface area contributed by atoms with Crippen molar-refractivity contribution in [2.45, 2.75) is 6.43 Å². The SMILES string of the molecule is NC(=S)c1ncccc1C(F)F. The average molecular weight is 188 g/mol. The number of nitrogens with zero attached hydrogens (tertiary/aromatic N) is 1. The third-order valence-electron chi connectivity index (χ3n) is 1.31. The van der Waals surface area contributed by atoms with Gasteiger partial charge in [-0.1, -0.05) is 12.2 Å². The number of alkyl halides is 2. The molecule has 0 aliphatic rings. The van der Waals surface area contributed by atoms with E-state index in [0.717, 1.165) is 0 Å². The fourth-order valence-corrected chi connectivity index (χ4v) is 0.970. The summed E-state index contributed by atoms with van der Waals surface area (Å²) in [7, 11) is 0. The number of nitrogens with two attached hydrogens (primary N) is 1. The zero-order chi connectivity index (χ0) is 9.14. The van der Waals surface area contributed by atoms with E-state index in [4.69, 9.17) is 5.73 Å². The van der Waals surface area contributed by atoms with E-state index < -0.39 is 6.43 Å². The van der Waals surface area contributed by atoms with Crippen LogP contribution in [0.1, 0.15) is 17.7 Å². The van der Waals surface area contributed by atoms with Crippen LogP contribution in [0, 0.1) is 0 Å². The molecule has 0 atom stereocenters. The van der Waals surface area contributed by atoms with Gasteiger partial charge in [-0.3, -0.25) is 4.98 Å². The number of hydrogen-bond donors (Lipinski definition) is 1. The molecule has 12 heavy (non-hydrogen) atoms. The van der Waals surface area contributed by atoms with E-state index in [-0.39, 0.29) is 16.2 Å². The summed E-state index contributed by atoms with van der Waals surface area (Å²) in [5.74, 6) is 0. The van der Waals surface area contributed by atoms with Gasteiger partial charge < -0.3 is 5.73 Å². The molecule has 0 saturated carbocycles. The van der Waals surface area contributed by atoms with Crippen molar-refractivity contribution in [3.05, 3.63) is 29.6 Å². The molecule has 0 fully saturated rings. The Kier molecular flexibility index (Phi) is 2.65. The Morgan fingerprint density at radius 1 is 1.58 bits per heavy atom. The van der Waals surface area contributed by atoms with Gasteiger partial charge in [0.15, 0.2) is 0 Å². The molecule has 1 heterocycles. The van der Waals surface area contributed by atoms with Gasteiger partial charge in [-0.2, -0.15) is 0 Å². The largest absolute Gasteiger partial charge is 0.388 e. The third kappa shape index (κ3) is 1.73. The first-order chi connectivity index (χ1) is 5.63. The molecule has 1 aromatic heterocycles. The Bertz CT molecular complexity index is 301. The number of aromatic nitrogens is 1. The summed E-state index contributed by atoms with van der Waals surface area (Å²) in [4.78, 5) is 3.55. The second-order valence-corrected chi connectivity index (χ2v) is 2.55. The highest BCUT2D eigenvalue weighted by atomic mass is 32.1. The first kappa shape index (κ1) is 8.99. The smallest absolute Gasteiger partial charge is 0.266 e. The average Bonchev–Trinajstić information content (AvgIpc) is 2.04. The normalized spacial score (nSPS) is 10.2. The second-order valence-electron chi connectivity index (χ2n) is 2.11. The molecule has 0 amide bonds. The molecule has 0 radical (unpaired) electrons. The van der Waals surface area contributed by atoms with Gasteiger partial charge in [0.05, 0.1) is 0 Å². The zero-order valence-electron chi connectivity index (χ0n) is 6.00. The molecule has 0 aromatic carbocycles. The number of halogens is 2. The molecule has 0 bridgehead atoms. The molecule has 2 nitrogen and oxygen atoms in total. The predicted molar refractivity (Wildman–Crippen MR) is 45.1 cm³/mol. The lowest BCUT2D eigenvalue weighted by Gasteiger charge is -2.04. The van der Waals surface area contributed by atoms with E-state index in [9.17, 15) is 8.78 Å². The third-order valence-corrected chi connectivity index (χ3v) is 1.50. The quantitative estimate of drug-likeness (QED) is 0.717. The van der Waals surface area contributed by atoms with E-state index in [1.54, 1.807) is 0 Å². The fourth-order valence-electron chi connectivity index (χ4n) is 0.800. The van der Waals surface area contributed by atoms with Gasteiger partial charge in [0, 0.05) is 11.8 Å². The number of rotatable bonds is 2. The Morgan fingerprint density at radius 3 is 2.67 bits per heavy atom. The monoisotopic (exact) mass is 188 g/mol. The van der Waals surface area contributed by atoms with Crippen LogP contribution in [-0.2, 0) is 0 Å². The van der Waals surface area contributed by atoms with Crippen LogP contribution < -0.4 is 5.73 Å². The highest BCUT2D eigenvalue weighted by Gasteiger charge is 2.14. The molecule has 5 heteroatoms. The Labute approximate surface area is 73.4 Å². The maximum absolute atomic E-state index is 12.2. The number of pyridine rings is 1. The van der Waals surface area contributed by atoms with Crippen molar-refractivity contribution in [2.24, 2.45) is 5.73 Å². The molecule has 2 N–H and O–H groups in total. The van der Waals surface area contributed by atoms with Crippen LogP contribution in [0.2, 0.25) is 0 Å². The van der Waals surface area contributed by atoms with E-state index >= 15 is 0 Å². The van der Waals surface area contributed by atoms with Crippen molar-refractivity contribution in [2.75, 3.05) is 0 Å². The second kappa shape index (κ2) is 3.53. The molecule has 0 aliphatic heterocycles. The van der Waals surface area contributed by atoms with Crippen molar-refractivity contribution in [1.82, 2.24) is 4.98 Å². The van der Waals surface area contributed by atoms with Crippen molar-refractivity contribution < 1.29 is 8.78 Å². The highest BCUT2D eigenvalue weighted by molar-refractivity contribution is 7.80. The minimum Gasteiger partial charge on any atom is -0.388 e. The molecule has 0 saturated heterocycles. The lowest BCUT2D eigenvalue weighted by Crippen LogP contribution is -2.14. The van der Waals surface area contributed by atoms with Gasteiger partial charge in [0.1, 0.15) is 10.7 Å². The fraction of sp³-hybridized carbons (Fsp3) is 0.143. The molecular weight excluding hydrogens is 182 g/mol. The summed E-state index contributed by atoms with van der Waals surface area (Å²) in [6.45, 7) is 0. The minimum atomic E-state index is -2.59. The summed E-state index contributed by atoms with van der Waals surface area (Å²) < 4.78 is 24.5. The maximum atomic E-state index is 12.2. The van der Waals surface area contributed by atoms with Crippen molar-refractivity contribution in [1.29, 1.82) is 0 Å².